The Kier molecular flexibility index (Phi) is 3.63. The van der Waals surface area contributed by atoms with Crippen molar-refractivity contribution in [2.75, 3.05) is 0 Å². The molecule has 1 aromatic carbocycles. The lowest BCUT2D eigenvalue weighted by Crippen LogP contribution is -2.11. The average molecular weight is 238 g/mol. The maximum absolute atomic E-state index is 10.00. The van der Waals surface area contributed by atoms with E-state index in [0.717, 1.165) is 4.90 Å². The molecule has 0 saturated heterocycles. The quantitative estimate of drug-likeness (QED) is 0.723. The minimum Gasteiger partial charge on any atom is -0.507 e. The van der Waals surface area contributed by atoms with E-state index >= 15 is 0 Å². The maximum atomic E-state index is 10.00. The summed E-state index contributed by atoms with van der Waals surface area (Å²) in [4.78, 5) is 0.959. The zero-order chi connectivity index (χ0) is 12.6. The second kappa shape index (κ2) is 4.33. The van der Waals surface area contributed by atoms with Crippen molar-refractivity contribution >= 4 is 11.8 Å². The van der Waals surface area contributed by atoms with E-state index in [9.17, 15) is 5.11 Å². The van der Waals surface area contributed by atoms with Gasteiger partial charge in [-0.1, -0.05) is 47.6 Å². The molecule has 1 rings (SSSR count). The van der Waals surface area contributed by atoms with Crippen LogP contribution >= 0.6 is 11.8 Å². The van der Waals surface area contributed by atoms with Gasteiger partial charge in [0.15, 0.2) is 0 Å². The second-order valence-electron chi connectivity index (χ2n) is 6.15. The van der Waals surface area contributed by atoms with Gasteiger partial charge < -0.3 is 5.11 Å². The van der Waals surface area contributed by atoms with Gasteiger partial charge in [-0.25, -0.2) is 0 Å². The average Bonchev–Trinajstić information content (AvgIpc) is 2.04. The van der Waals surface area contributed by atoms with E-state index in [-0.39, 0.29) is 10.2 Å². The normalized spacial score (nSPS) is 12.9. The highest BCUT2D eigenvalue weighted by Crippen LogP contribution is 2.39. The summed E-state index contributed by atoms with van der Waals surface area (Å²) in [6.45, 7) is 12.9. The van der Waals surface area contributed by atoms with Crippen molar-refractivity contribution in [2.24, 2.45) is 0 Å². The topological polar surface area (TPSA) is 20.2 Å². The third kappa shape index (κ3) is 3.75. The first kappa shape index (κ1) is 13.4. The van der Waals surface area contributed by atoms with Crippen LogP contribution in [0, 0.1) is 0 Å². The molecule has 0 spiro atoms. The Balaban J connectivity index is 3.01. The largest absolute Gasteiger partial charge is 0.507 e. The Hall–Kier alpha value is -0.630. The molecular weight excluding hydrogens is 216 g/mol. The van der Waals surface area contributed by atoms with Gasteiger partial charge in [0.1, 0.15) is 5.75 Å². The summed E-state index contributed by atoms with van der Waals surface area (Å²) in [7, 11) is 0. The molecular formula is C14H22OS. The molecule has 90 valence electrons. The molecule has 0 unspecified atom stereocenters. The second-order valence-corrected chi connectivity index (χ2v) is 8.02. The van der Waals surface area contributed by atoms with Crippen molar-refractivity contribution in [3.8, 4) is 5.75 Å². The van der Waals surface area contributed by atoms with Crippen molar-refractivity contribution < 1.29 is 5.11 Å². The van der Waals surface area contributed by atoms with Gasteiger partial charge in [0.05, 0.1) is 0 Å². The first-order valence-corrected chi connectivity index (χ1v) is 6.44. The van der Waals surface area contributed by atoms with Crippen molar-refractivity contribution in [2.45, 2.75) is 56.6 Å². The van der Waals surface area contributed by atoms with Crippen LogP contribution in [0.15, 0.2) is 23.1 Å². The molecule has 0 bridgehead atoms. The van der Waals surface area contributed by atoms with Crippen LogP contribution in [0.2, 0.25) is 0 Å². The fourth-order valence-electron chi connectivity index (χ4n) is 1.40. The summed E-state index contributed by atoms with van der Waals surface area (Å²) >= 11 is 1.70. The lowest BCUT2D eigenvalue weighted by Gasteiger charge is -2.22. The van der Waals surface area contributed by atoms with Crippen molar-refractivity contribution in [1.82, 2.24) is 0 Å². The lowest BCUT2D eigenvalue weighted by molar-refractivity contribution is 0.457. The summed E-state index contributed by atoms with van der Waals surface area (Å²) < 4.78 is 0.126. The highest BCUT2D eigenvalue weighted by atomic mass is 32.2. The molecule has 0 heterocycles. The Labute approximate surface area is 103 Å². The number of benzene rings is 1. The fourth-order valence-corrected chi connectivity index (χ4v) is 2.36. The monoisotopic (exact) mass is 238 g/mol. The predicted octanol–water partition coefficient (Wildman–Crippen LogP) is 4.58. The third-order valence-corrected chi connectivity index (χ3v) is 3.42. The standard InChI is InChI=1S/C14H22OS/c1-13(2,3)10-7-8-12(11(15)9-10)16-14(4,5)6/h7-9,15H,1-6H3. The van der Waals surface area contributed by atoms with Crippen LogP contribution < -0.4 is 0 Å². The van der Waals surface area contributed by atoms with Gasteiger partial charge in [-0.15, -0.1) is 11.8 Å². The molecule has 0 radical (unpaired) electrons. The maximum Gasteiger partial charge on any atom is 0.129 e. The van der Waals surface area contributed by atoms with E-state index in [1.807, 2.05) is 12.1 Å². The summed E-state index contributed by atoms with van der Waals surface area (Å²) in [5.74, 6) is 0.396. The van der Waals surface area contributed by atoms with Crippen molar-refractivity contribution in [3.05, 3.63) is 23.8 Å². The molecule has 0 aliphatic heterocycles. The summed E-state index contributed by atoms with van der Waals surface area (Å²) in [6.07, 6.45) is 0. The first-order valence-electron chi connectivity index (χ1n) is 5.62. The number of hydrogen-bond donors (Lipinski definition) is 1. The fraction of sp³-hybridized carbons (Fsp3) is 0.571. The van der Waals surface area contributed by atoms with Crippen molar-refractivity contribution in [1.29, 1.82) is 0 Å². The molecule has 2 heteroatoms. The molecule has 0 aliphatic carbocycles. The van der Waals surface area contributed by atoms with E-state index in [4.69, 9.17) is 0 Å². The highest BCUT2D eigenvalue weighted by molar-refractivity contribution is 8.00. The Morgan fingerprint density at radius 2 is 1.56 bits per heavy atom. The molecule has 0 aliphatic rings. The van der Waals surface area contributed by atoms with E-state index < -0.39 is 0 Å². The van der Waals surface area contributed by atoms with Gasteiger partial charge in [-0.3, -0.25) is 0 Å². The lowest BCUT2D eigenvalue weighted by atomic mass is 9.87. The molecule has 1 aromatic rings. The van der Waals surface area contributed by atoms with Gasteiger partial charge in [-0.2, -0.15) is 0 Å². The van der Waals surface area contributed by atoms with Crippen LogP contribution in [-0.2, 0) is 5.41 Å². The predicted molar refractivity (Wildman–Crippen MR) is 72.4 cm³/mol. The number of phenols is 1. The Morgan fingerprint density at radius 1 is 1.00 bits per heavy atom. The molecule has 1 N–H and O–H groups in total. The molecule has 1 nitrogen and oxygen atoms in total. The van der Waals surface area contributed by atoms with Crippen LogP contribution in [0.1, 0.15) is 47.1 Å². The summed E-state index contributed by atoms with van der Waals surface area (Å²) in [6, 6.07) is 6.01. The van der Waals surface area contributed by atoms with Gasteiger partial charge >= 0.3 is 0 Å². The van der Waals surface area contributed by atoms with E-state index in [1.54, 1.807) is 11.8 Å². The smallest absolute Gasteiger partial charge is 0.129 e. The number of phenolic OH excluding ortho intramolecular Hbond substituents is 1. The van der Waals surface area contributed by atoms with Crippen molar-refractivity contribution in [3.63, 3.8) is 0 Å². The van der Waals surface area contributed by atoms with E-state index in [1.165, 1.54) is 5.56 Å². The Morgan fingerprint density at radius 3 is 1.94 bits per heavy atom. The zero-order valence-electron chi connectivity index (χ0n) is 11.1. The molecule has 16 heavy (non-hydrogen) atoms. The van der Waals surface area contributed by atoms with Crippen LogP contribution in [0.4, 0.5) is 0 Å². The molecule has 0 atom stereocenters. The third-order valence-electron chi connectivity index (χ3n) is 2.24. The van der Waals surface area contributed by atoms with Gasteiger partial charge in [-0.05, 0) is 23.1 Å². The molecule has 0 saturated carbocycles. The van der Waals surface area contributed by atoms with Crippen LogP contribution in [0.25, 0.3) is 0 Å². The van der Waals surface area contributed by atoms with Gasteiger partial charge in [0.25, 0.3) is 0 Å². The minimum atomic E-state index is 0.0857. The first-order chi connectivity index (χ1) is 7.09. The molecule has 0 fully saturated rings. The zero-order valence-corrected chi connectivity index (χ0v) is 11.9. The highest BCUT2D eigenvalue weighted by Gasteiger charge is 2.18. The minimum absolute atomic E-state index is 0.0857. The van der Waals surface area contributed by atoms with E-state index in [2.05, 4.69) is 47.6 Å². The molecule has 0 aromatic heterocycles. The summed E-state index contributed by atoms with van der Waals surface area (Å²) in [5.41, 5.74) is 1.26. The number of rotatable bonds is 1. The molecule has 0 amide bonds. The van der Waals surface area contributed by atoms with Gasteiger partial charge in [0, 0.05) is 9.64 Å². The van der Waals surface area contributed by atoms with Gasteiger partial charge in [0.2, 0.25) is 0 Å². The van der Waals surface area contributed by atoms with Crippen LogP contribution in [0.5, 0.6) is 5.75 Å². The van der Waals surface area contributed by atoms with E-state index in [0.29, 0.717) is 5.75 Å². The summed E-state index contributed by atoms with van der Waals surface area (Å²) in [5, 5.41) is 10.00. The number of aromatic hydroxyl groups is 1. The number of thioether (sulfide) groups is 1. The Bertz CT molecular complexity index is 369. The number of hydrogen-bond acceptors (Lipinski definition) is 2. The van der Waals surface area contributed by atoms with Crippen LogP contribution in [-0.4, -0.2) is 9.85 Å². The SMILES string of the molecule is CC(C)(C)Sc1ccc(C(C)(C)C)cc1O. The van der Waals surface area contributed by atoms with Crippen LogP contribution in [0.3, 0.4) is 0 Å².